The van der Waals surface area contributed by atoms with E-state index in [2.05, 4.69) is 10.6 Å². The highest BCUT2D eigenvalue weighted by molar-refractivity contribution is 6.33. The summed E-state index contributed by atoms with van der Waals surface area (Å²) in [7, 11) is 0. The number of aliphatic carboxylic acids is 1. The van der Waals surface area contributed by atoms with E-state index in [1.165, 1.54) is 0 Å². The van der Waals surface area contributed by atoms with Crippen LogP contribution in [0.3, 0.4) is 0 Å². The zero-order valence-corrected chi connectivity index (χ0v) is 10.5. The number of nitrogens with one attached hydrogen (secondary N) is 2. The smallest absolute Gasteiger partial charge is 0.304 e. The predicted octanol–water partition coefficient (Wildman–Crippen LogP) is 1.73. The van der Waals surface area contributed by atoms with Crippen LogP contribution in [0, 0.1) is 0 Å². The van der Waals surface area contributed by atoms with Crippen molar-refractivity contribution in [3.05, 3.63) is 29.3 Å². The molecular weight excluding hydrogens is 256 g/mol. The molecule has 98 valence electrons. The lowest BCUT2D eigenvalue weighted by molar-refractivity contribution is -0.136. The maximum absolute atomic E-state index is 11.5. The molecule has 0 heterocycles. The zero-order valence-electron chi connectivity index (χ0n) is 9.78. The Morgan fingerprint density at radius 3 is 2.50 bits per heavy atom. The van der Waals surface area contributed by atoms with Crippen LogP contribution in [0.4, 0.5) is 5.69 Å². The fourth-order valence-electron chi connectivity index (χ4n) is 1.30. The Kier molecular flexibility index (Phi) is 6.18. The molecule has 0 aromatic heterocycles. The lowest BCUT2D eigenvalue weighted by Crippen LogP contribution is -2.24. The highest BCUT2D eigenvalue weighted by atomic mass is 35.5. The van der Waals surface area contributed by atoms with Gasteiger partial charge in [0.15, 0.2) is 0 Å². The number of amides is 1. The highest BCUT2D eigenvalue weighted by Crippen LogP contribution is 2.20. The van der Waals surface area contributed by atoms with Crippen molar-refractivity contribution < 1.29 is 14.7 Å². The number of carbonyl (C=O) groups is 2. The van der Waals surface area contributed by atoms with E-state index in [9.17, 15) is 9.59 Å². The molecule has 0 aliphatic heterocycles. The molecule has 0 spiro atoms. The Hall–Kier alpha value is -1.59. The van der Waals surface area contributed by atoms with E-state index in [0.717, 1.165) is 0 Å². The van der Waals surface area contributed by atoms with Crippen molar-refractivity contribution in [3.8, 4) is 0 Å². The van der Waals surface area contributed by atoms with E-state index < -0.39 is 5.97 Å². The summed E-state index contributed by atoms with van der Waals surface area (Å²) in [6.07, 6.45) is 0.316. The number of benzene rings is 1. The molecule has 1 aromatic carbocycles. The van der Waals surface area contributed by atoms with Gasteiger partial charge < -0.3 is 15.7 Å². The topological polar surface area (TPSA) is 78.4 Å². The zero-order chi connectivity index (χ0) is 13.4. The SMILES string of the molecule is O=C(O)CCNCCC(=O)Nc1ccccc1Cl. The Balaban J connectivity index is 2.22. The van der Waals surface area contributed by atoms with Gasteiger partial charge in [0.05, 0.1) is 17.1 Å². The quantitative estimate of drug-likeness (QED) is 0.660. The van der Waals surface area contributed by atoms with E-state index >= 15 is 0 Å². The van der Waals surface area contributed by atoms with Crippen LogP contribution in [-0.4, -0.2) is 30.1 Å². The van der Waals surface area contributed by atoms with Crippen molar-refractivity contribution in [2.75, 3.05) is 18.4 Å². The van der Waals surface area contributed by atoms with Crippen molar-refractivity contribution in [2.45, 2.75) is 12.8 Å². The van der Waals surface area contributed by atoms with Gasteiger partial charge in [-0.25, -0.2) is 0 Å². The minimum absolute atomic E-state index is 0.0478. The van der Waals surface area contributed by atoms with Gasteiger partial charge in [0.1, 0.15) is 0 Å². The van der Waals surface area contributed by atoms with Gasteiger partial charge in [-0.05, 0) is 12.1 Å². The van der Waals surface area contributed by atoms with Crippen LogP contribution in [0.15, 0.2) is 24.3 Å². The average Bonchev–Trinajstić information content (AvgIpc) is 2.31. The lowest BCUT2D eigenvalue weighted by atomic mass is 10.3. The van der Waals surface area contributed by atoms with Gasteiger partial charge in [0.2, 0.25) is 5.91 Å². The number of para-hydroxylation sites is 1. The molecule has 3 N–H and O–H groups in total. The molecular formula is C12H15ClN2O3. The number of anilines is 1. The van der Waals surface area contributed by atoms with E-state index in [4.69, 9.17) is 16.7 Å². The van der Waals surface area contributed by atoms with Crippen molar-refractivity contribution in [1.82, 2.24) is 5.32 Å². The first-order chi connectivity index (χ1) is 8.59. The Morgan fingerprint density at radius 2 is 1.83 bits per heavy atom. The number of halogens is 1. The molecule has 0 unspecified atom stereocenters. The van der Waals surface area contributed by atoms with Crippen LogP contribution in [0.1, 0.15) is 12.8 Å². The number of carboxylic acid groups (broad SMARTS) is 1. The highest BCUT2D eigenvalue weighted by Gasteiger charge is 2.04. The number of carbonyl (C=O) groups excluding carboxylic acids is 1. The standard InChI is InChI=1S/C12H15ClN2O3/c13-9-3-1-2-4-10(9)15-11(16)5-7-14-8-6-12(17)18/h1-4,14H,5-8H2,(H,15,16)(H,17,18). The van der Waals surface area contributed by atoms with Gasteiger partial charge >= 0.3 is 5.97 Å². The molecule has 0 saturated carbocycles. The van der Waals surface area contributed by atoms with Crippen molar-refractivity contribution in [3.63, 3.8) is 0 Å². The molecule has 0 aliphatic rings. The molecule has 1 amide bonds. The molecule has 1 aromatic rings. The molecule has 0 bridgehead atoms. The first-order valence-electron chi connectivity index (χ1n) is 5.56. The summed E-state index contributed by atoms with van der Waals surface area (Å²) in [6, 6.07) is 6.98. The maximum Gasteiger partial charge on any atom is 0.304 e. The van der Waals surface area contributed by atoms with Gasteiger partial charge in [-0.2, -0.15) is 0 Å². The molecule has 5 nitrogen and oxygen atoms in total. The van der Waals surface area contributed by atoms with Crippen molar-refractivity contribution >= 4 is 29.2 Å². The monoisotopic (exact) mass is 270 g/mol. The first-order valence-corrected chi connectivity index (χ1v) is 5.94. The normalized spacial score (nSPS) is 10.1. The maximum atomic E-state index is 11.5. The second-order valence-corrected chi connectivity index (χ2v) is 4.08. The number of hydrogen-bond donors (Lipinski definition) is 3. The third-order valence-corrected chi connectivity index (χ3v) is 2.52. The molecule has 6 heteroatoms. The number of carboxylic acids is 1. The molecule has 0 saturated heterocycles. The van der Waals surface area contributed by atoms with Gasteiger partial charge in [0, 0.05) is 19.5 Å². The Morgan fingerprint density at radius 1 is 1.17 bits per heavy atom. The molecule has 0 aliphatic carbocycles. The van der Waals surface area contributed by atoms with Gasteiger partial charge in [0.25, 0.3) is 0 Å². The molecule has 1 rings (SSSR count). The summed E-state index contributed by atoms with van der Waals surface area (Å²) in [4.78, 5) is 21.8. The Labute approximate surface area is 110 Å². The second kappa shape index (κ2) is 7.68. The Bertz CT molecular complexity index is 424. The van der Waals surface area contributed by atoms with Gasteiger partial charge in [-0.1, -0.05) is 23.7 Å². The predicted molar refractivity (Wildman–Crippen MR) is 69.8 cm³/mol. The molecule has 0 atom stereocenters. The van der Waals surface area contributed by atoms with E-state index in [0.29, 0.717) is 23.8 Å². The van der Waals surface area contributed by atoms with Gasteiger partial charge in [-0.15, -0.1) is 0 Å². The third-order valence-electron chi connectivity index (χ3n) is 2.19. The minimum atomic E-state index is -0.858. The fourth-order valence-corrected chi connectivity index (χ4v) is 1.48. The van der Waals surface area contributed by atoms with Crippen LogP contribution in [0.2, 0.25) is 5.02 Å². The van der Waals surface area contributed by atoms with Crippen LogP contribution >= 0.6 is 11.6 Å². The summed E-state index contributed by atoms with van der Waals surface area (Å²) < 4.78 is 0. The van der Waals surface area contributed by atoms with Crippen LogP contribution in [0.25, 0.3) is 0 Å². The summed E-state index contributed by atoms with van der Waals surface area (Å²) in [5.74, 6) is -1.02. The lowest BCUT2D eigenvalue weighted by Gasteiger charge is -2.07. The van der Waals surface area contributed by atoms with E-state index in [1.54, 1.807) is 24.3 Å². The van der Waals surface area contributed by atoms with Crippen LogP contribution in [0.5, 0.6) is 0 Å². The molecule has 18 heavy (non-hydrogen) atoms. The summed E-state index contributed by atoms with van der Waals surface area (Å²) in [5, 5.41) is 14.5. The number of rotatable bonds is 7. The van der Waals surface area contributed by atoms with Crippen molar-refractivity contribution in [2.24, 2.45) is 0 Å². The largest absolute Gasteiger partial charge is 0.481 e. The first kappa shape index (κ1) is 14.5. The number of hydrogen-bond acceptors (Lipinski definition) is 3. The van der Waals surface area contributed by atoms with Crippen LogP contribution < -0.4 is 10.6 Å². The van der Waals surface area contributed by atoms with E-state index in [-0.39, 0.29) is 18.7 Å². The molecule has 0 radical (unpaired) electrons. The second-order valence-electron chi connectivity index (χ2n) is 3.67. The molecule has 0 fully saturated rings. The van der Waals surface area contributed by atoms with Gasteiger partial charge in [-0.3, -0.25) is 9.59 Å². The summed E-state index contributed by atoms with van der Waals surface area (Å²) in [5.41, 5.74) is 0.578. The van der Waals surface area contributed by atoms with Crippen LogP contribution in [-0.2, 0) is 9.59 Å². The van der Waals surface area contributed by atoms with Crippen molar-refractivity contribution in [1.29, 1.82) is 0 Å². The third kappa shape index (κ3) is 5.65. The average molecular weight is 271 g/mol. The summed E-state index contributed by atoms with van der Waals surface area (Å²) in [6.45, 7) is 0.790. The summed E-state index contributed by atoms with van der Waals surface area (Å²) >= 11 is 5.89. The minimum Gasteiger partial charge on any atom is -0.481 e. The van der Waals surface area contributed by atoms with E-state index in [1.807, 2.05) is 0 Å². The fraction of sp³-hybridized carbons (Fsp3) is 0.333.